The number of nitrogens with one attached hydrogen (secondary N) is 1. The van der Waals surface area contributed by atoms with E-state index in [2.05, 4.69) is 20.3 Å². The predicted octanol–water partition coefficient (Wildman–Crippen LogP) is -0.909. The summed E-state index contributed by atoms with van der Waals surface area (Å²) in [6, 6.07) is 0. The lowest BCUT2D eigenvalue weighted by Crippen LogP contribution is -2.24. The highest BCUT2D eigenvalue weighted by Crippen LogP contribution is 2.34. The van der Waals surface area contributed by atoms with Gasteiger partial charge < -0.3 is 26.0 Å². The summed E-state index contributed by atoms with van der Waals surface area (Å²) >= 11 is 0. The number of aliphatic hydroxyl groups excluding tert-OH is 2. The molecule has 0 spiro atoms. The number of hydrogen-bond donors (Lipinski definition) is 4. The van der Waals surface area contributed by atoms with E-state index in [1.165, 1.54) is 6.33 Å². The van der Waals surface area contributed by atoms with Crippen LogP contribution in [-0.4, -0.2) is 55.6 Å². The molecule has 2 aromatic heterocycles. The molecule has 1 aliphatic rings. The smallest absolute Gasteiger partial charge is 0.207 e. The van der Waals surface area contributed by atoms with Crippen molar-refractivity contribution < 1.29 is 14.9 Å². The van der Waals surface area contributed by atoms with E-state index in [0.29, 0.717) is 23.5 Å². The molecule has 108 valence electrons. The molecule has 1 aliphatic heterocycles. The molecule has 3 heterocycles. The van der Waals surface area contributed by atoms with E-state index in [4.69, 9.17) is 15.6 Å². The average Bonchev–Trinajstić information content (AvgIpc) is 2.99. The van der Waals surface area contributed by atoms with Gasteiger partial charge in [-0.05, 0) is 0 Å². The Balaban J connectivity index is 2.09. The Kier molecular flexibility index (Phi) is 3.16. The summed E-state index contributed by atoms with van der Waals surface area (Å²) in [6.45, 7) is -0.240. The van der Waals surface area contributed by atoms with Crippen molar-refractivity contribution in [3.05, 3.63) is 6.33 Å². The van der Waals surface area contributed by atoms with Gasteiger partial charge in [-0.25, -0.2) is 15.0 Å². The van der Waals surface area contributed by atoms with Gasteiger partial charge in [-0.3, -0.25) is 4.57 Å². The molecule has 3 rings (SSSR count). The second-order valence-corrected chi connectivity index (χ2v) is 4.60. The number of nitrogens with two attached hydrogens (primary N) is 1. The number of ether oxygens (including phenoxy) is 1. The second-order valence-electron chi connectivity index (χ2n) is 4.60. The van der Waals surface area contributed by atoms with Crippen LogP contribution in [0.4, 0.5) is 11.8 Å². The Labute approximate surface area is 114 Å². The van der Waals surface area contributed by atoms with E-state index in [1.807, 2.05) is 0 Å². The van der Waals surface area contributed by atoms with E-state index < -0.39 is 18.4 Å². The molecule has 5 N–H and O–H groups in total. The molecule has 1 fully saturated rings. The Morgan fingerprint density at radius 1 is 1.55 bits per heavy atom. The van der Waals surface area contributed by atoms with Crippen molar-refractivity contribution in [1.82, 2.24) is 19.5 Å². The lowest BCUT2D eigenvalue weighted by molar-refractivity contribution is -0.0425. The predicted molar refractivity (Wildman–Crippen MR) is 70.9 cm³/mol. The minimum absolute atomic E-state index is 0.240. The van der Waals surface area contributed by atoms with Crippen LogP contribution in [-0.2, 0) is 4.74 Å². The Bertz CT molecular complexity index is 630. The fraction of sp³-hybridized carbons (Fsp3) is 0.545. The molecule has 9 heteroatoms. The number of imidazole rings is 1. The Hall–Kier alpha value is -1.97. The van der Waals surface area contributed by atoms with E-state index in [9.17, 15) is 5.11 Å². The molecular formula is C11H16N6O3. The lowest BCUT2D eigenvalue weighted by atomic mass is 10.2. The normalized spacial score (nSPS) is 26.2. The number of anilines is 2. The summed E-state index contributed by atoms with van der Waals surface area (Å²) in [4.78, 5) is 12.4. The van der Waals surface area contributed by atoms with Crippen LogP contribution in [0.2, 0.25) is 0 Å². The number of nitrogen functional groups attached to an aromatic ring is 1. The fourth-order valence-corrected chi connectivity index (χ4v) is 2.41. The maximum absolute atomic E-state index is 9.85. The molecular weight excluding hydrogens is 264 g/mol. The number of rotatable bonds is 3. The van der Waals surface area contributed by atoms with Crippen molar-refractivity contribution in [3.8, 4) is 0 Å². The van der Waals surface area contributed by atoms with Gasteiger partial charge in [0.05, 0.1) is 12.7 Å². The van der Waals surface area contributed by atoms with Crippen LogP contribution in [0.15, 0.2) is 6.33 Å². The van der Waals surface area contributed by atoms with Crippen LogP contribution >= 0.6 is 0 Å². The van der Waals surface area contributed by atoms with Gasteiger partial charge in [0.2, 0.25) is 5.95 Å². The highest BCUT2D eigenvalue weighted by Gasteiger charge is 2.36. The maximum atomic E-state index is 9.85. The molecule has 0 unspecified atom stereocenters. The van der Waals surface area contributed by atoms with Crippen molar-refractivity contribution in [3.63, 3.8) is 0 Å². The first-order chi connectivity index (χ1) is 9.65. The number of aliphatic hydroxyl groups is 2. The van der Waals surface area contributed by atoms with E-state index >= 15 is 0 Å². The van der Waals surface area contributed by atoms with Crippen molar-refractivity contribution in [2.24, 2.45) is 0 Å². The van der Waals surface area contributed by atoms with Gasteiger partial charge >= 0.3 is 0 Å². The van der Waals surface area contributed by atoms with Crippen molar-refractivity contribution in [2.45, 2.75) is 24.9 Å². The molecule has 0 saturated carbocycles. The molecule has 1 saturated heterocycles. The SMILES string of the molecule is CNc1nc2c(N)ncnc2n1[C@@H]1C[C@H](O)[C@H](CO)O1. The third-order valence-electron chi connectivity index (χ3n) is 3.40. The molecule has 0 aliphatic carbocycles. The summed E-state index contributed by atoms with van der Waals surface area (Å²) in [5.74, 6) is 0.797. The Morgan fingerprint density at radius 3 is 3.00 bits per heavy atom. The minimum atomic E-state index is -0.730. The monoisotopic (exact) mass is 280 g/mol. The topological polar surface area (TPSA) is 131 Å². The maximum Gasteiger partial charge on any atom is 0.207 e. The second kappa shape index (κ2) is 4.85. The molecule has 3 atom stereocenters. The lowest BCUT2D eigenvalue weighted by Gasteiger charge is -2.16. The molecule has 20 heavy (non-hydrogen) atoms. The number of fused-ring (bicyclic) bond motifs is 1. The van der Waals surface area contributed by atoms with Gasteiger partial charge in [0, 0.05) is 13.5 Å². The van der Waals surface area contributed by atoms with Gasteiger partial charge in [-0.2, -0.15) is 0 Å². The van der Waals surface area contributed by atoms with Crippen LogP contribution in [0.1, 0.15) is 12.6 Å². The molecule has 9 nitrogen and oxygen atoms in total. The van der Waals surface area contributed by atoms with Crippen LogP contribution in [0.3, 0.4) is 0 Å². The summed E-state index contributed by atoms with van der Waals surface area (Å²) in [5, 5.41) is 22.0. The van der Waals surface area contributed by atoms with Crippen molar-refractivity contribution in [1.29, 1.82) is 0 Å². The van der Waals surface area contributed by atoms with Gasteiger partial charge in [-0.1, -0.05) is 0 Å². The largest absolute Gasteiger partial charge is 0.394 e. The number of aromatic nitrogens is 4. The van der Waals surface area contributed by atoms with Gasteiger partial charge in [0.25, 0.3) is 0 Å². The van der Waals surface area contributed by atoms with Crippen molar-refractivity contribution in [2.75, 3.05) is 24.7 Å². The average molecular weight is 280 g/mol. The molecule has 0 amide bonds. The summed E-state index contributed by atoms with van der Waals surface area (Å²) in [7, 11) is 1.72. The zero-order valence-corrected chi connectivity index (χ0v) is 10.9. The zero-order valence-electron chi connectivity index (χ0n) is 10.9. The van der Waals surface area contributed by atoms with Gasteiger partial charge in [0.1, 0.15) is 18.7 Å². The zero-order chi connectivity index (χ0) is 14.3. The van der Waals surface area contributed by atoms with Gasteiger partial charge in [-0.15, -0.1) is 0 Å². The van der Waals surface area contributed by atoms with Crippen molar-refractivity contribution >= 4 is 22.9 Å². The van der Waals surface area contributed by atoms with E-state index in [0.717, 1.165) is 0 Å². The molecule has 2 aromatic rings. The first kappa shape index (κ1) is 13.0. The standard InChI is InChI=1S/C11H16N6O3/c1-13-11-16-8-9(12)14-4-15-10(8)17(11)7-2-5(19)6(3-18)20-7/h4-7,18-19H,2-3H2,1H3,(H,13,16)(H2,12,14,15)/t5-,6-,7-/m0/s1. The first-order valence-corrected chi connectivity index (χ1v) is 6.26. The quantitative estimate of drug-likeness (QED) is 0.568. The summed E-state index contributed by atoms with van der Waals surface area (Å²) < 4.78 is 7.35. The molecule has 0 bridgehead atoms. The highest BCUT2D eigenvalue weighted by molar-refractivity contribution is 5.84. The van der Waals surface area contributed by atoms with E-state index in [1.54, 1.807) is 11.6 Å². The van der Waals surface area contributed by atoms with Crippen LogP contribution in [0, 0.1) is 0 Å². The molecule has 0 radical (unpaired) electrons. The van der Waals surface area contributed by atoms with Crippen LogP contribution in [0.5, 0.6) is 0 Å². The number of nitrogens with zero attached hydrogens (tertiary/aromatic N) is 4. The summed E-state index contributed by atoms with van der Waals surface area (Å²) in [5.41, 5.74) is 6.79. The van der Waals surface area contributed by atoms with E-state index in [-0.39, 0.29) is 12.4 Å². The highest BCUT2D eigenvalue weighted by atomic mass is 16.5. The fourth-order valence-electron chi connectivity index (χ4n) is 2.41. The summed E-state index contributed by atoms with van der Waals surface area (Å²) in [6.07, 6.45) is -0.115. The number of hydrogen-bond acceptors (Lipinski definition) is 8. The van der Waals surface area contributed by atoms with Crippen LogP contribution < -0.4 is 11.1 Å². The Morgan fingerprint density at radius 2 is 2.35 bits per heavy atom. The third-order valence-corrected chi connectivity index (χ3v) is 3.40. The van der Waals surface area contributed by atoms with Gasteiger partial charge in [0.15, 0.2) is 17.0 Å². The molecule has 0 aromatic carbocycles. The first-order valence-electron chi connectivity index (χ1n) is 6.26. The minimum Gasteiger partial charge on any atom is -0.394 e. The van der Waals surface area contributed by atoms with Crippen LogP contribution in [0.25, 0.3) is 11.2 Å². The third kappa shape index (κ3) is 1.87.